The minimum absolute atomic E-state index is 0.0631. The molecule has 1 aromatic heterocycles. The highest BCUT2D eigenvalue weighted by molar-refractivity contribution is 6.06. The normalized spacial score (nSPS) is 19.8. The van der Waals surface area contributed by atoms with Crippen molar-refractivity contribution in [1.29, 1.82) is 0 Å². The summed E-state index contributed by atoms with van der Waals surface area (Å²) in [4.78, 5) is 30.1. The number of carbonyl (C=O) groups is 2. The molecule has 1 N–H and O–H groups in total. The number of piperazine rings is 1. The summed E-state index contributed by atoms with van der Waals surface area (Å²) in [7, 11) is 0. The van der Waals surface area contributed by atoms with Crippen molar-refractivity contribution in [2.24, 2.45) is 5.92 Å². The predicted octanol–water partition coefficient (Wildman–Crippen LogP) is 1.19. The summed E-state index contributed by atoms with van der Waals surface area (Å²) in [6, 6.07) is 3.25. The third kappa shape index (κ3) is 2.59. The van der Waals surface area contributed by atoms with Crippen LogP contribution < -0.4 is 10.2 Å². The van der Waals surface area contributed by atoms with Crippen LogP contribution in [0.25, 0.3) is 0 Å². The van der Waals surface area contributed by atoms with E-state index in [-0.39, 0.29) is 24.3 Å². The first kappa shape index (κ1) is 13.5. The molecule has 0 radical (unpaired) electrons. The first-order valence-electron chi connectivity index (χ1n) is 6.45. The fourth-order valence-corrected chi connectivity index (χ4v) is 2.29. The average Bonchev–Trinajstić information content (AvgIpc) is 2.32. The second-order valence-electron chi connectivity index (χ2n) is 5.27. The molecule has 5 heteroatoms. The van der Waals surface area contributed by atoms with Gasteiger partial charge in [-0.1, -0.05) is 13.8 Å². The largest absolute Gasteiger partial charge is 0.342 e. The van der Waals surface area contributed by atoms with Crippen LogP contribution in [0.5, 0.6) is 0 Å². The topological polar surface area (TPSA) is 62.3 Å². The van der Waals surface area contributed by atoms with Gasteiger partial charge in [-0.05, 0) is 31.9 Å². The van der Waals surface area contributed by atoms with Crippen molar-refractivity contribution in [3.05, 3.63) is 23.5 Å². The van der Waals surface area contributed by atoms with Gasteiger partial charge in [-0.3, -0.25) is 19.5 Å². The van der Waals surface area contributed by atoms with Crippen molar-refractivity contribution in [1.82, 2.24) is 10.3 Å². The summed E-state index contributed by atoms with van der Waals surface area (Å²) in [6.45, 7) is 7.66. The van der Waals surface area contributed by atoms with E-state index in [0.29, 0.717) is 0 Å². The van der Waals surface area contributed by atoms with Crippen LogP contribution in [0.4, 0.5) is 5.69 Å². The molecular weight excluding hydrogens is 242 g/mol. The first-order valence-corrected chi connectivity index (χ1v) is 6.45. The Bertz CT molecular complexity index is 525. The molecule has 1 atom stereocenters. The van der Waals surface area contributed by atoms with Crippen LogP contribution in [0, 0.1) is 19.8 Å². The van der Waals surface area contributed by atoms with E-state index in [2.05, 4.69) is 10.3 Å². The summed E-state index contributed by atoms with van der Waals surface area (Å²) in [5.74, 6) is -0.125. The molecular formula is C14H19N3O2. The monoisotopic (exact) mass is 261 g/mol. The molecule has 0 aromatic carbocycles. The highest BCUT2D eigenvalue weighted by atomic mass is 16.2. The van der Waals surface area contributed by atoms with Crippen molar-refractivity contribution in [3.63, 3.8) is 0 Å². The molecule has 1 unspecified atom stereocenters. The van der Waals surface area contributed by atoms with Crippen molar-refractivity contribution in [3.8, 4) is 0 Å². The molecule has 1 fully saturated rings. The number of nitrogens with one attached hydrogen (secondary N) is 1. The number of amides is 2. The Hall–Kier alpha value is -1.91. The van der Waals surface area contributed by atoms with Crippen LogP contribution in [-0.2, 0) is 9.59 Å². The SMILES string of the molecule is Cc1ccc(N2CC(=O)NC(C(C)C)C2=O)c(C)n1. The molecule has 2 heterocycles. The molecule has 2 rings (SSSR count). The van der Waals surface area contributed by atoms with Gasteiger partial charge in [0.2, 0.25) is 11.8 Å². The summed E-state index contributed by atoms with van der Waals surface area (Å²) in [5, 5.41) is 2.75. The van der Waals surface area contributed by atoms with Crippen LogP contribution in [-0.4, -0.2) is 29.4 Å². The van der Waals surface area contributed by atoms with Gasteiger partial charge in [0.05, 0.1) is 11.4 Å². The number of anilines is 1. The van der Waals surface area contributed by atoms with E-state index in [1.165, 1.54) is 4.90 Å². The number of rotatable bonds is 2. The smallest absolute Gasteiger partial charge is 0.250 e. The molecule has 2 amide bonds. The lowest BCUT2D eigenvalue weighted by Crippen LogP contribution is -2.60. The van der Waals surface area contributed by atoms with Crippen molar-refractivity contribution < 1.29 is 9.59 Å². The minimum atomic E-state index is -0.457. The molecule has 1 aliphatic rings. The Morgan fingerprint density at radius 2 is 2.00 bits per heavy atom. The second kappa shape index (κ2) is 4.99. The summed E-state index contributed by atoms with van der Waals surface area (Å²) < 4.78 is 0. The molecule has 0 bridgehead atoms. The first-order chi connectivity index (χ1) is 8.90. The Balaban J connectivity index is 2.37. The van der Waals surface area contributed by atoms with Gasteiger partial charge >= 0.3 is 0 Å². The van der Waals surface area contributed by atoms with E-state index in [9.17, 15) is 9.59 Å². The van der Waals surface area contributed by atoms with E-state index >= 15 is 0 Å². The summed E-state index contributed by atoms with van der Waals surface area (Å²) in [6.07, 6.45) is 0. The van der Waals surface area contributed by atoms with Gasteiger partial charge in [-0.15, -0.1) is 0 Å². The Morgan fingerprint density at radius 3 is 2.58 bits per heavy atom. The maximum absolute atomic E-state index is 12.4. The highest BCUT2D eigenvalue weighted by Gasteiger charge is 2.35. The van der Waals surface area contributed by atoms with Gasteiger partial charge < -0.3 is 5.32 Å². The number of hydrogen-bond donors (Lipinski definition) is 1. The third-order valence-electron chi connectivity index (χ3n) is 3.30. The van der Waals surface area contributed by atoms with Gasteiger partial charge in [-0.2, -0.15) is 0 Å². The number of pyridine rings is 1. The number of hydrogen-bond acceptors (Lipinski definition) is 3. The summed E-state index contributed by atoms with van der Waals surface area (Å²) >= 11 is 0. The minimum Gasteiger partial charge on any atom is -0.342 e. The summed E-state index contributed by atoms with van der Waals surface area (Å²) in [5.41, 5.74) is 2.39. The van der Waals surface area contributed by atoms with Crippen LogP contribution in [0.3, 0.4) is 0 Å². The lowest BCUT2D eigenvalue weighted by atomic mass is 10.00. The lowest BCUT2D eigenvalue weighted by molar-refractivity contribution is -0.132. The Kier molecular flexibility index (Phi) is 3.55. The molecule has 0 saturated carbocycles. The molecule has 102 valence electrons. The molecule has 19 heavy (non-hydrogen) atoms. The van der Waals surface area contributed by atoms with Gasteiger partial charge in [0.15, 0.2) is 0 Å². The highest BCUT2D eigenvalue weighted by Crippen LogP contribution is 2.22. The standard InChI is InChI=1S/C14H19N3O2/c1-8(2)13-14(19)17(7-12(18)16-13)11-6-5-9(3)15-10(11)4/h5-6,8,13H,7H2,1-4H3,(H,16,18). The quantitative estimate of drug-likeness (QED) is 0.869. The molecule has 5 nitrogen and oxygen atoms in total. The molecule has 1 saturated heterocycles. The average molecular weight is 261 g/mol. The molecule has 1 aromatic rings. The second-order valence-corrected chi connectivity index (χ2v) is 5.27. The van der Waals surface area contributed by atoms with Gasteiger partial charge in [0, 0.05) is 5.69 Å². The van der Waals surface area contributed by atoms with Crippen LogP contribution in [0.1, 0.15) is 25.2 Å². The van der Waals surface area contributed by atoms with E-state index in [1.807, 2.05) is 39.8 Å². The zero-order valence-corrected chi connectivity index (χ0v) is 11.7. The van der Waals surface area contributed by atoms with Crippen LogP contribution in [0.15, 0.2) is 12.1 Å². The van der Waals surface area contributed by atoms with Crippen molar-refractivity contribution in [2.75, 3.05) is 11.4 Å². The van der Waals surface area contributed by atoms with Gasteiger partial charge in [-0.25, -0.2) is 0 Å². The Labute approximate surface area is 113 Å². The van der Waals surface area contributed by atoms with E-state index in [4.69, 9.17) is 0 Å². The third-order valence-corrected chi connectivity index (χ3v) is 3.30. The van der Waals surface area contributed by atoms with Gasteiger partial charge in [0.1, 0.15) is 12.6 Å². The number of nitrogens with zero attached hydrogens (tertiary/aromatic N) is 2. The number of aromatic nitrogens is 1. The van der Waals surface area contributed by atoms with Crippen LogP contribution >= 0.6 is 0 Å². The number of carbonyl (C=O) groups excluding carboxylic acids is 2. The maximum Gasteiger partial charge on any atom is 0.250 e. The predicted molar refractivity (Wildman–Crippen MR) is 72.8 cm³/mol. The van der Waals surface area contributed by atoms with Crippen LogP contribution in [0.2, 0.25) is 0 Å². The van der Waals surface area contributed by atoms with E-state index in [1.54, 1.807) is 0 Å². The zero-order chi connectivity index (χ0) is 14.2. The molecule has 1 aliphatic heterocycles. The Morgan fingerprint density at radius 1 is 1.32 bits per heavy atom. The van der Waals surface area contributed by atoms with E-state index in [0.717, 1.165) is 17.1 Å². The fraction of sp³-hybridized carbons (Fsp3) is 0.500. The van der Waals surface area contributed by atoms with Gasteiger partial charge in [0.25, 0.3) is 0 Å². The van der Waals surface area contributed by atoms with Crippen molar-refractivity contribution in [2.45, 2.75) is 33.7 Å². The lowest BCUT2D eigenvalue weighted by Gasteiger charge is -2.34. The number of aryl methyl sites for hydroxylation is 2. The van der Waals surface area contributed by atoms with E-state index < -0.39 is 6.04 Å². The molecule has 0 aliphatic carbocycles. The van der Waals surface area contributed by atoms with Crippen molar-refractivity contribution >= 4 is 17.5 Å². The maximum atomic E-state index is 12.4. The molecule has 0 spiro atoms. The zero-order valence-electron chi connectivity index (χ0n) is 11.7. The fourth-order valence-electron chi connectivity index (χ4n) is 2.29.